The first-order valence-corrected chi connectivity index (χ1v) is 5.16. The Balaban J connectivity index is 2.27. The molecular weight excluding hydrogens is 206 g/mol. The lowest BCUT2D eigenvalue weighted by atomic mass is 10.1. The predicted octanol–water partition coefficient (Wildman–Crippen LogP) is 0.0978. The second-order valence-corrected chi connectivity index (χ2v) is 4.01. The second-order valence-electron chi connectivity index (χ2n) is 4.01. The Hall–Kier alpha value is -1.84. The highest BCUT2D eigenvalue weighted by Crippen LogP contribution is 2.27. The fourth-order valence-electron chi connectivity index (χ4n) is 1.96. The lowest BCUT2D eigenvalue weighted by Crippen LogP contribution is -2.33. The van der Waals surface area contributed by atoms with Crippen molar-refractivity contribution in [2.75, 3.05) is 11.4 Å². The summed E-state index contributed by atoms with van der Waals surface area (Å²) in [6.45, 7) is 2.11. The molecule has 0 bridgehead atoms. The Bertz CT molecular complexity index is 442. The first-order valence-electron chi connectivity index (χ1n) is 5.16. The lowest BCUT2D eigenvalue weighted by Gasteiger charge is -2.19. The summed E-state index contributed by atoms with van der Waals surface area (Å²) in [6, 6.07) is 7.44. The molecule has 16 heavy (non-hydrogen) atoms. The summed E-state index contributed by atoms with van der Waals surface area (Å²) in [6.07, 6.45) is 0.0384. The van der Waals surface area contributed by atoms with Crippen LogP contribution in [0.4, 0.5) is 5.69 Å². The molecule has 1 aliphatic heterocycles. The van der Waals surface area contributed by atoms with Crippen LogP contribution in [0.3, 0.4) is 0 Å². The highest BCUT2D eigenvalue weighted by Gasteiger charge is 2.31. The van der Waals surface area contributed by atoms with Crippen LogP contribution in [0.25, 0.3) is 0 Å². The normalized spacial score (nSPS) is 20.2. The molecule has 0 saturated carbocycles. The Morgan fingerprint density at radius 2 is 2.12 bits per heavy atom. The van der Waals surface area contributed by atoms with E-state index >= 15 is 0 Å². The smallest absolute Gasteiger partial charge is 0.227 e. The zero-order chi connectivity index (χ0) is 11.7. The highest BCUT2D eigenvalue weighted by atomic mass is 16.4. The van der Waals surface area contributed by atoms with Gasteiger partial charge in [0, 0.05) is 30.5 Å². The number of carboxylic acid groups (broad SMARTS) is 1. The number of aliphatic carboxylic acids is 1. The molecule has 1 amide bonds. The molecule has 1 atom stereocenters. The molecule has 0 aliphatic carbocycles. The van der Waals surface area contributed by atoms with Gasteiger partial charge in [0.1, 0.15) is 0 Å². The van der Waals surface area contributed by atoms with Gasteiger partial charge in [0.05, 0.1) is 0 Å². The predicted molar refractivity (Wildman–Crippen MR) is 56.6 cm³/mol. The third kappa shape index (κ3) is 1.78. The van der Waals surface area contributed by atoms with Crippen molar-refractivity contribution in [2.24, 2.45) is 5.92 Å². The van der Waals surface area contributed by atoms with Crippen LogP contribution in [0.15, 0.2) is 24.3 Å². The van der Waals surface area contributed by atoms with E-state index < -0.39 is 11.9 Å². The second kappa shape index (κ2) is 3.96. The zero-order valence-corrected chi connectivity index (χ0v) is 8.97. The highest BCUT2D eigenvalue weighted by molar-refractivity contribution is 5.99. The number of nitrogens with zero attached hydrogens (tertiary/aromatic N) is 1. The fourth-order valence-corrected chi connectivity index (χ4v) is 1.96. The summed E-state index contributed by atoms with van der Waals surface area (Å²) >= 11 is 0. The van der Waals surface area contributed by atoms with Crippen LogP contribution >= 0.6 is 0 Å². The summed E-state index contributed by atoms with van der Waals surface area (Å²) < 4.78 is 0. The minimum absolute atomic E-state index is 0.0384. The summed E-state index contributed by atoms with van der Waals surface area (Å²) in [4.78, 5) is 23.9. The van der Waals surface area contributed by atoms with Gasteiger partial charge >= 0.3 is 0 Å². The molecule has 4 nitrogen and oxygen atoms in total. The number of aryl methyl sites for hydroxylation is 1. The monoisotopic (exact) mass is 218 g/mol. The molecule has 0 spiro atoms. The van der Waals surface area contributed by atoms with E-state index in [0.29, 0.717) is 0 Å². The summed E-state index contributed by atoms with van der Waals surface area (Å²) in [5.74, 6) is -1.99. The molecule has 1 aromatic rings. The number of benzene rings is 1. The van der Waals surface area contributed by atoms with Gasteiger partial charge in [-0.05, 0) is 18.6 Å². The van der Waals surface area contributed by atoms with E-state index in [1.807, 2.05) is 31.2 Å². The lowest BCUT2D eigenvalue weighted by molar-refractivity contribution is -0.310. The molecule has 0 aromatic heterocycles. The Morgan fingerprint density at radius 3 is 2.69 bits per heavy atom. The van der Waals surface area contributed by atoms with Crippen LogP contribution in [0.5, 0.6) is 0 Å². The molecule has 0 radical (unpaired) electrons. The van der Waals surface area contributed by atoms with Gasteiger partial charge in [-0.1, -0.05) is 18.2 Å². The average Bonchev–Trinajstić information content (AvgIpc) is 2.61. The molecule has 1 aromatic carbocycles. The fraction of sp³-hybridized carbons (Fsp3) is 0.333. The number of carbonyl (C=O) groups is 2. The molecule has 1 fully saturated rings. The number of rotatable bonds is 2. The van der Waals surface area contributed by atoms with Crippen molar-refractivity contribution < 1.29 is 14.7 Å². The van der Waals surface area contributed by atoms with Gasteiger partial charge in [-0.3, -0.25) is 4.79 Å². The molecule has 1 saturated heterocycles. The maximum absolute atomic E-state index is 11.7. The standard InChI is InChI=1S/C12H13NO3/c1-8-4-2-3-5-10(8)13-7-9(12(15)16)6-11(13)14/h2-5,9H,6-7H2,1H3,(H,15,16)/p-1/t9-/m1/s1. The summed E-state index contributed by atoms with van der Waals surface area (Å²) in [5.41, 5.74) is 1.76. The van der Waals surface area contributed by atoms with E-state index in [1.165, 1.54) is 4.90 Å². The summed E-state index contributed by atoms with van der Waals surface area (Å²) in [7, 11) is 0. The molecule has 4 heteroatoms. The SMILES string of the molecule is Cc1ccccc1N1C[C@H](C(=O)[O-])CC1=O. The molecular formula is C12H12NO3-. The van der Waals surface area contributed by atoms with E-state index in [0.717, 1.165) is 11.3 Å². The van der Waals surface area contributed by atoms with Crippen molar-refractivity contribution in [1.29, 1.82) is 0 Å². The van der Waals surface area contributed by atoms with E-state index in [-0.39, 0.29) is 18.9 Å². The summed E-state index contributed by atoms with van der Waals surface area (Å²) in [5, 5.41) is 10.7. The van der Waals surface area contributed by atoms with Crippen molar-refractivity contribution in [1.82, 2.24) is 0 Å². The molecule has 1 heterocycles. The van der Waals surface area contributed by atoms with E-state index in [2.05, 4.69) is 0 Å². The van der Waals surface area contributed by atoms with Gasteiger partial charge in [0.15, 0.2) is 0 Å². The molecule has 1 aliphatic rings. The largest absolute Gasteiger partial charge is 0.550 e. The van der Waals surface area contributed by atoms with Crippen LogP contribution < -0.4 is 10.0 Å². The minimum atomic E-state index is -1.15. The zero-order valence-electron chi connectivity index (χ0n) is 8.97. The van der Waals surface area contributed by atoms with Crippen LogP contribution in [-0.4, -0.2) is 18.4 Å². The van der Waals surface area contributed by atoms with Crippen molar-refractivity contribution in [3.63, 3.8) is 0 Å². The maximum atomic E-state index is 11.7. The Kier molecular flexibility index (Phi) is 2.64. The average molecular weight is 218 g/mol. The molecule has 84 valence electrons. The Labute approximate surface area is 93.5 Å². The van der Waals surface area contributed by atoms with Gasteiger partial charge in [-0.25, -0.2) is 0 Å². The molecule has 2 rings (SSSR count). The third-order valence-electron chi connectivity index (χ3n) is 2.86. The first kappa shape index (κ1) is 10.7. The first-order chi connectivity index (χ1) is 7.59. The van der Waals surface area contributed by atoms with Crippen LogP contribution in [0.1, 0.15) is 12.0 Å². The number of amides is 1. The topological polar surface area (TPSA) is 60.4 Å². The van der Waals surface area contributed by atoms with E-state index in [1.54, 1.807) is 0 Å². The van der Waals surface area contributed by atoms with Gasteiger partial charge in [0.25, 0.3) is 0 Å². The molecule has 0 unspecified atom stereocenters. The number of hydrogen-bond acceptors (Lipinski definition) is 3. The van der Waals surface area contributed by atoms with E-state index in [9.17, 15) is 14.7 Å². The quantitative estimate of drug-likeness (QED) is 0.707. The van der Waals surface area contributed by atoms with Crippen LogP contribution in [0.2, 0.25) is 0 Å². The van der Waals surface area contributed by atoms with Gasteiger partial charge < -0.3 is 14.8 Å². The van der Waals surface area contributed by atoms with Crippen molar-refractivity contribution in [2.45, 2.75) is 13.3 Å². The number of carbonyl (C=O) groups excluding carboxylic acids is 2. The van der Waals surface area contributed by atoms with Gasteiger partial charge in [-0.2, -0.15) is 0 Å². The van der Waals surface area contributed by atoms with Crippen molar-refractivity contribution in [3.05, 3.63) is 29.8 Å². The van der Waals surface area contributed by atoms with Crippen molar-refractivity contribution in [3.8, 4) is 0 Å². The van der Waals surface area contributed by atoms with Crippen LogP contribution in [0, 0.1) is 12.8 Å². The Morgan fingerprint density at radius 1 is 1.44 bits per heavy atom. The third-order valence-corrected chi connectivity index (χ3v) is 2.86. The number of hydrogen-bond donors (Lipinski definition) is 0. The number of carboxylic acids is 1. The van der Waals surface area contributed by atoms with Crippen molar-refractivity contribution >= 4 is 17.6 Å². The van der Waals surface area contributed by atoms with Crippen LogP contribution in [-0.2, 0) is 9.59 Å². The molecule has 0 N–H and O–H groups in total. The number of anilines is 1. The minimum Gasteiger partial charge on any atom is -0.550 e. The number of para-hydroxylation sites is 1. The van der Waals surface area contributed by atoms with Gasteiger partial charge in [-0.15, -0.1) is 0 Å². The van der Waals surface area contributed by atoms with E-state index in [4.69, 9.17) is 0 Å². The maximum Gasteiger partial charge on any atom is 0.227 e. The van der Waals surface area contributed by atoms with Gasteiger partial charge in [0.2, 0.25) is 5.91 Å².